The van der Waals surface area contributed by atoms with E-state index in [2.05, 4.69) is 5.32 Å². The summed E-state index contributed by atoms with van der Waals surface area (Å²) in [6.07, 6.45) is 1.22. The van der Waals surface area contributed by atoms with Crippen LogP contribution in [0.1, 0.15) is 45.2 Å². The van der Waals surface area contributed by atoms with Crippen LogP contribution in [0.25, 0.3) is 0 Å². The molecule has 1 aliphatic rings. The molecule has 0 aromatic heterocycles. The molecule has 1 unspecified atom stereocenters. The van der Waals surface area contributed by atoms with Crippen LogP contribution in [0.15, 0.2) is 24.3 Å². The Morgan fingerprint density at radius 2 is 1.74 bits per heavy atom. The minimum Gasteiger partial charge on any atom is -0.484 e. The molecule has 1 aromatic carbocycles. The van der Waals surface area contributed by atoms with Crippen LogP contribution in [0.2, 0.25) is 0 Å². The van der Waals surface area contributed by atoms with Crippen LogP contribution in [0, 0.1) is 0 Å². The van der Waals surface area contributed by atoms with E-state index in [1.54, 1.807) is 37.8 Å². The van der Waals surface area contributed by atoms with E-state index in [1.165, 1.54) is 12.1 Å². The lowest BCUT2D eigenvalue weighted by Crippen LogP contribution is -2.38. The number of carbonyl (C=O) groups is 3. The first kappa shape index (κ1) is 20.5. The molecule has 2 amide bonds. The van der Waals surface area contributed by atoms with Crippen molar-refractivity contribution in [3.63, 3.8) is 0 Å². The molecule has 27 heavy (non-hydrogen) atoms. The van der Waals surface area contributed by atoms with Crippen molar-refractivity contribution in [3.05, 3.63) is 29.8 Å². The molecule has 148 valence electrons. The van der Waals surface area contributed by atoms with E-state index in [0.29, 0.717) is 11.3 Å². The number of aliphatic carboxylic acids is 1. The van der Waals surface area contributed by atoms with Crippen molar-refractivity contribution >= 4 is 18.0 Å². The van der Waals surface area contributed by atoms with E-state index in [-0.39, 0.29) is 12.5 Å². The van der Waals surface area contributed by atoms with Crippen LogP contribution in [-0.2, 0) is 14.3 Å². The predicted octanol–water partition coefficient (Wildman–Crippen LogP) is 2.34. The number of nitrogens with zero attached hydrogens (tertiary/aromatic N) is 1. The van der Waals surface area contributed by atoms with Gasteiger partial charge in [-0.1, -0.05) is 12.1 Å². The van der Waals surface area contributed by atoms with Crippen molar-refractivity contribution in [1.29, 1.82) is 0 Å². The van der Waals surface area contributed by atoms with E-state index in [1.807, 2.05) is 0 Å². The van der Waals surface area contributed by atoms with Gasteiger partial charge in [-0.05, 0) is 51.3 Å². The highest BCUT2D eigenvalue weighted by atomic mass is 16.6. The Balaban J connectivity index is 1.95. The maximum absolute atomic E-state index is 12.0. The van der Waals surface area contributed by atoms with Crippen LogP contribution in [-0.4, -0.2) is 53.3 Å². The summed E-state index contributed by atoms with van der Waals surface area (Å²) in [5.74, 6) is -0.821. The minimum absolute atomic E-state index is 0.0577. The summed E-state index contributed by atoms with van der Waals surface area (Å²) in [5, 5.41) is 11.7. The molecule has 1 saturated heterocycles. The maximum Gasteiger partial charge on any atom is 0.408 e. The quantitative estimate of drug-likeness (QED) is 0.787. The molecule has 1 heterocycles. The van der Waals surface area contributed by atoms with Crippen molar-refractivity contribution < 1.29 is 29.0 Å². The van der Waals surface area contributed by atoms with Gasteiger partial charge < -0.3 is 24.8 Å². The first-order chi connectivity index (χ1) is 12.7. The highest BCUT2D eigenvalue weighted by Gasteiger charge is 2.25. The molecule has 0 spiro atoms. The number of carbonyl (C=O) groups excluding carboxylic acids is 2. The summed E-state index contributed by atoms with van der Waals surface area (Å²) in [6, 6.07) is 4.95. The first-order valence-corrected chi connectivity index (χ1v) is 8.88. The summed E-state index contributed by atoms with van der Waals surface area (Å²) in [6.45, 7) is 6.54. The Morgan fingerprint density at radius 3 is 2.26 bits per heavy atom. The van der Waals surface area contributed by atoms with E-state index < -0.39 is 23.7 Å². The summed E-state index contributed by atoms with van der Waals surface area (Å²) in [5.41, 5.74) is -0.362. The number of amides is 2. The molecular formula is C19H26N2O6. The number of likely N-dealkylation sites (tertiary alicyclic amines) is 1. The standard InChI is InChI=1S/C19H26N2O6/c1-19(2,3)27-18(25)20-16(17(23)24)13-6-8-14(9-7-13)26-12-15(22)21-10-4-5-11-21/h6-9,16H,4-5,10-12H2,1-3H3,(H,20,25)(H,23,24). The van der Waals surface area contributed by atoms with Gasteiger partial charge in [-0.2, -0.15) is 0 Å². The summed E-state index contributed by atoms with van der Waals surface area (Å²) < 4.78 is 10.6. The molecule has 1 atom stereocenters. The Labute approximate surface area is 158 Å². The second kappa shape index (κ2) is 8.75. The molecule has 0 radical (unpaired) electrons. The zero-order valence-electron chi connectivity index (χ0n) is 15.9. The van der Waals surface area contributed by atoms with Crippen LogP contribution in [0.4, 0.5) is 4.79 Å². The van der Waals surface area contributed by atoms with Crippen LogP contribution >= 0.6 is 0 Å². The molecule has 1 aliphatic heterocycles. The van der Waals surface area contributed by atoms with Gasteiger partial charge >= 0.3 is 12.1 Å². The van der Waals surface area contributed by atoms with Gasteiger partial charge in [0.25, 0.3) is 5.91 Å². The molecule has 2 N–H and O–H groups in total. The van der Waals surface area contributed by atoms with Gasteiger partial charge in [0.2, 0.25) is 0 Å². The smallest absolute Gasteiger partial charge is 0.408 e. The van der Waals surface area contributed by atoms with Gasteiger partial charge in [0, 0.05) is 13.1 Å². The zero-order valence-corrected chi connectivity index (χ0v) is 15.9. The Kier molecular flexibility index (Phi) is 6.65. The van der Waals surface area contributed by atoms with Crippen molar-refractivity contribution in [1.82, 2.24) is 10.2 Å². The third-order valence-electron chi connectivity index (χ3n) is 3.94. The Hall–Kier alpha value is -2.77. The average molecular weight is 378 g/mol. The molecule has 8 nitrogen and oxygen atoms in total. The number of hydrogen-bond acceptors (Lipinski definition) is 5. The van der Waals surface area contributed by atoms with Crippen LogP contribution < -0.4 is 10.1 Å². The number of carboxylic acid groups (broad SMARTS) is 1. The molecular weight excluding hydrogens is 352 g/mol. The second-order valence-electron chi connectivity index (χ2n) is 7.36. The highest BCUT2D eigenvalue weighted by Crippen LogP contribution is 2.19. The number of rotatable bonds is 6. The molecule has 2 rings (SSSR count). The molecule has 1 fully saturated rings. The largest absolute Gasteiger partial charge is 0.484 e. The lowest BCUT2D eigenvalue weighted by molar-refractivity contribution is -0.139. The minimum atomic E-state index is -1.25. The van der Waals surface area contributed by atoms with Gasteiger partial charge in [-0.25, -0.2) is 9.59 Å². The highest BCUT2D eigenvalue weighted by molar-refractivity contribution is 5.81. The van der Waals surface area contributed by atoms with Crippen molar-refractivity contribution in [3.8, 4) is 5.75 Å². The summed E-state index contributed by atoms with van der Waals surface area (Å²) >= 11 is 0. The molecule has 0 bridgehead atoms. The van der Waals surface area contributed by atoms with Gasteiger partial charge in [0.05, 0.1) is 0 Å². The average Bonchev–Trinajstić information content (AvgIpc) is 3.11. The number of nitrogens with one attached hydrogen (secondary N) is 1. The fourth-order valence-electron chi connectivity index (χ4n) is 2.67. The third kappa shape index (κ3) is 6.47. The molecule has 8 heteroatoms. The summed E-state index contributed by atoms with van der Waals surface area (Å²) in [4.78, 5) is 37.1. The molecule has 0 saturated carbocycles. The number of hydrogen-bond donors (Lipinski definition) is 2. The van der Waals surface area contributed by atoms with E-state index in [9.17, 15) is 19.5 Å². The Morgan fingerprint density at radius 1 is 1.15 bits per heavy atom. The van der Waals surface area contributed by atoms with Crippen molar-refractivity contribution in [2.24, 2.45) is 0 Å². The van der Waals surface area contributed by atoms with E-state index in [0.717, 1.165) is 25.9 Å². The van der Waals surface area contributed by atoms with E-state index >= 15 is 0 Å². The molecule has 1 aromatic rings. The first-order valence-electron chi connectivity index (χ1n) is 8.88. The number of benzene rings is 1. The lowest BCUT2D eigenvalue weighted by atomic mass is 10.1. The topological polar surface area (TPSA) is 105 Å². The predicted molar refractivity (Wildman–Crippen MR) is 97.5 cm³/mol. The van der Waals surface area contributed by atoms with Crippen molar-refractivity contribution in [2.45, 2.75) is 45.3 Å². The third-order valence-corrected chi connectivity index (χ3v) is 3.94. The molecule has 0 aliphatic carbocycles. The maximum atomic E-state index is 12.0. The zero-order chi connectivity index (χ0) is 20.0. The lowest BCUT2D eigenvalue weighted by Gasteiger charge is -2.22. The second-order valence-corrected chi connectivity index (χ2v) is 7.36. The van der Waals surface area contributed by atoms with Crippen LogP contribution in [0.5, 0.6) is 5.75 Å². The van der Waals surface area contributed by atoms with E-state index in [4.69, 9.17) is 9.47 Å². The summed E-state index contributed by atoms with van der Waals surface area (Å²) in [7, 11) is 0. The number of ether oxygens (including phenoxy) is 2. The van der Waals surface area contributed by atoms with Gasteiger partial charge in [0.1, 0.15) is 11.4 Å². The van der Waals surface area contributed by atoms with Crippen molar-refractivity contribution in [2.75, 3.05) is 19.7 Å². The normalized spacial score (nSPS) is 15.1. The monoisotopic (exact) mass is 378 g/mol. The van der Waals surface area contributed by atoms with Crippen LogP contribution in [0.3, 0.4) is 0 Å². The Bertz CT molecular complexity index is 674. The van der Waals surface area contributed by atoms with Gasteiger partial charge in [-0.3, -0.25) is 4.79 Å². The number of carboxylic acids is 1. The van der Waals surface area contributed by atoms with Gasteiger partial charge in [-0.15, -0.1) is 0 Å². The fourth-order valence-corrected chi connectivity index (χ4v) is 2.67. The van der Waals surface area contributed by atoms with Gasteiger partial charge in [0.15, 0.2) is 12.6 Å². The fraction of sp³-hybridized carbons (Fsp3) is 0.526. The number of alkyl carbamates (subject to hydrolysis) is 1. The SMILES string of the molecule is CC(C)(C)OC(=O)NC(C(=O)O)c1ccc(OCC(=O)N2CCCC2)cc1.